The summed E-state index contributed by atoms with van der Waals surface area (Å²) in [6.45, 7) is 0.340. The molecule has 0 spiro atoms. The Morgan fingerprint density at radius 2 is 1.74 bits per heavy atom. The van der Waals surface area contributed by atoms with Crippen LogP contribution in [0, 0.1) is 0 Å². The molecule has 1 aliphatic heterocycles. The highest BCUT2D eigenvalue weighted by Gasteiger charge is 2.27. The summed E-state index contributed by atoms with van der Waals surface area (Å²) in [6.07, 6.45) is 1.66. The molecule has 11 heteroatoms. The molecule has 1 amide bonds. The van der Waals surface area contributed by atoms with Gasteiger partial charge in [0.1, 0.15) is 4.21 Å². The van der Waals surface area contributed by atoms with E-state index in [-0.39, 0.29) is 9.90 Å². The fraction of sp³-hybridized carbons (Fsp3) is 0.150. The van der Waals surface area contributed by atoms with Gasteiger partial charge in [0.2, 0.25) is 10.0 Å². The molecule has 0 saturated heterocycles. The van der Waals surface area contributed by atoms with Crippen molar-refractivity contribution in [2.45, 2.75) is 10.6 Å². The molecule has 2 N–H and O–H groups in total. The molecule has 8 nitrogen and oxygen atoms in total. The van der Waals surface area contributed by atoms with Crippen LogP contribution in [0.1, 0.15) is 15.9 Å². The molecular weight excluding hydrogens is 458 g/mol. The summed E-state index contributed by atoms with van der Waals surface area (Å²) in [4.78, 5) is 12.8. The van der Waals surface area contributed by atoms with E-state index in [9.17, 15) is 21.6 Å². The number of para-hydroxylation sites is 2. The van der Waals surface area contributed by atoms with Crippen LogP contribution in [0.2, 0.25) is 0 Å². The molecule has 0 atom stereocenters. The van der Waals surface area contributed by atoms with Crippen LogP contribution in [0.25, 0.3) is 0 Å². The second-order valence-corrected chi connectivity index (χ2v) is 11.7. The maximum absolute atomic E-state index is 12.8. The van der Waals surface area contributed by atoms with Gasteiger partial charge in [-0.1, -0.05) is 18.2 Å². The van der Waals surface area contributed by atoms with Gasteiger partial charge in [-0.3, -0.25) is 13.8 Å². The third kappa shape index (κ3) is 4.43. The van der Waals surface area contributed by atoms with E-state index >= 15 is 0 Å². The minimum absolute atomic E-state index is 0.169. The summed E-state index contributed by atoms with van der Waals surface area (Å²) >= 11 is 1.09. The number of anilines is 3. The zero-order valence-corrected chi connectivity index (χ0v) is 18.9. The molecule has 3 aromatic rings. The van der Waals surface area contributed by atoms with E-state index in [4.69, 9.17) is 0 Å². The van der Waals surface area contributed by atoms with Gasteiger partial charge in [-0.15, -0.1) is 11.3 Å². The summed E-state index contributed by atoms with van der Waals surface area (Å²) < 4.78 is 52.8. The molecule has 31 heavy (non-hydrogen) atoms. The Morgan fingerprint density at radius 1 is 1.00 bits per heavy atom. The summed E-state index contributed by atoms with van der Waals surface area (Å²) in [5.41, 5.74) is 2.25. The fourth-order valence-corrected chi connectivity index (χ4v) is 6.38. The minimum Gasteiger partial charge on any atom is -0.320 e. The van der Waals surface area contributed by atoms with E-state index < -0.39 is 26.0 Å². The van der Waals surface area contributed by atoms with Crippen LogP contribution in [0.3, 0.4) is 0 Å². The lowest BCUT2D eigenvalue weighted by Crippen LogP contribution is -2.27. The Bertz CT molecular complexity index is 1350. The summed E-state index contributed by atoms with van der Waals surface area (Å²) in [7, 11) is -7.14. The molecule has 1 aromatic heterocycles. The smallest absolute Gasteiger partial charge is 0.271 e. The van der Waals surface area contributed by atoms with Gasteiger partial charge in [0.15, 0.2) is 0 Å². The number of fused-ring (bicyclic) bond motifs is 1. The van der Waals surface area contributed by atoms with E-state index in [1.807, 2.05) is 0 Å². The topological polar surface area (TPSA) is 113 Å². The van der Waals surface area contributed by atoms with Crippen LogP contribution < -0.4 is 14.3 Å². The maximum Gasteiger partial charge on any atom is 0.271 e. The molecule has 1 aliphatic rings. The number of amides is 1. The van der Waals surface area contributed by atoms with Crippen LogP contribution in [0.15, 0.2) is 64.2 Å². The van der Waals surface area contributed by atoms with Crippen LogP contribution in [-0.2, 0) is 26.5 Å². The second kappa shape index (κ2) is 7.98. The number of hydrogen-bond donors (Lipinski definition) is 2. The molecule has 4 rings (SSSR count). The first-order chi connectivity index (χ1) is 14.6. The summed E-state index contributed by atoms with van der Waals surface area (Å²) in [5.74, 6) is -0.427. The van der Waals surface area contributed by atoms with E-state index in [2.05, 4.69) is 10.0 Å². The Labute approximate surface area is 184 Å². The number of thiophene rings is 1. The largest absolute Gasteiger partial charge is 0.320 e. The van der Waals surface area contributed by atoms with Crippen LogP contribution in [0.5, 0.6) is 0 Å². The lowest BCUT2D eigenvalue weighted by Gasteiger charge is -2.16. The Balaban J connectivity index is 1.57. The van der Waals surface area contributed by atoms with Crippen molar-refractivity contribution >= 4 is 54.4 Å². The van der Waals surface area contributed by atoms with Gasteiger partial charge in [0.25, 0.3) is 15.9 Å². The zero-order valence-electron chi connectivity index (χ0n) is 16.4. The van der Waals surface area contributed by atoms with Gasteiger partial charge in [-0.05, 0) is 53.8 Å². The predicted octanol–water partition coefficient (Wildman–Crippen LogP) is 3.12. The van der Waals surface area contributed by atoms with Crippen molar-refractivity contribution < 1.29 is 21.6 Å². The van der Waals surface area contributed by atoms with Crippen LogP contribution >= 0.6 is 11.3 Å². The zero-order chi connectivity index (χ0) is 22.2. The van der Waals surface area contributed by atoms with Gasteiger partial charge in [0, 0.05) is 12.1 Å². The quantitative estimate of drug-likeness (QED) is 0.566. The highest BCUT2D eigenvalue weighted by molar-refractivity contribution is 7.94. The minimum atomic E-state index is -3.77. The first-order valence-corrected chi connectivity index (χ1v) is 13.4. The molecule has 2 aromatic carbocycles. The lowest BCUT2D eigenvalue weighted by atomic mass is 10.1. The van der Waals surface area contributed by atoms with Gasteiger partial charge >= 0.3 is 0 Å². The van der Waals surface area contributed by atoms with Crippen molar-refractivity contribution in [3.63, 3.8) is 0 Å². The van der Waals surface area contributed by atoms with Crippen LogP contribution in [0.4, 0.5) is 17.1 Å². The van der Waals surface area contributed by atoms with Crippen molar-refractivity contribution in [1.29, 1.82) is 0 Å². The van der Waals surface area contributed by atoms with Crippen molar-refractivity contribution in [2.24, 2.45) is 0 Å². The number of carbonyl (C=O) groups excluding carboxylic acids is 1. The van der Waals surface area contributed by atoms with E-state index in [1.165, 1.54) is 10.4 Å². The van der Waals surface area contributed by atoms with Crippen LogP contribution in [-0.4, -0.2) is 35.5 Å². The highest BCUT2D eigenvalue weighted by Crippen LogP contribution is 2.31. The Hall–Kier alpha value is -2.89. The van der Waals surface area contributed by atoms with Crippen molar-refractivity contribution in [1.82, 2.24) is 0 Å². The number of nitrogens with zero attached hydrogens (tertiary/aromatic N) is 1. The number of carbonyl (C=O) groups is 1. The van der Waals surface area contributed by atoms with Crippen molar-refractivity contribution in [2.75, 3.05) is 27.1 Å². The average molecular weight is 478 g/mol. The first-order valence-electron chi connectivity index (χ1n) is 9.22. The number of benzene rings is 2. The summed E-state index contributed by atoms with van der Waals surface area (Å²) in [5, 5.41) is 4.40. The van der Waals surface area contributed by atoms with E-state index in [1.54, 1.807) is 53.9 Å². The van der Waals surface area contributed by atoms with E-state index in [0.29, 0.717) is 29.9 Å². The van der Waals surface area contributed by atoms with Gasteiger partial charge < -0.3 is 5.32 Å². The first kappa shape index (κ1) is 21.3. The number of nitrogens with one attached hydrogen (secondary N) is 2. The molecule has 0 fully saturated rings. The number of hydrogen-bond acceptors (Lipinski definition) is 6. The molecular formula is C20H19N3O5S3. The average Bonchev–Trinajstić information content (AvgIpc) is 3.38. The second-order valence-electron chi connectivity index (χ2n) is 6.97. The summed E-state index contributed by atoms with van der Waals surface area (Å²) in [6, 6.07) is 14.5. The third-order valence-corrected chi connectivity index (χ3v) is 8.72. The third-order valence-electron chi connectivity index (χ3n) is 4.77. The molecule has 162 valence electrons. The molecule has 2 heterocycles. The molecule has 0 aliphatic carbocycles. The fourth-order valence-electron chi connectivity index (χ4n) is 3.34. The van der Waals surface area contributed by atoms with Gasteiger partial charge in [-0.25, -0.2) is 16.8 Å². The highest BCUT2D eigenvalue weighted by atomic mass is 32.2. The van der Waals surface area contributed by atoms with Gasteiger partial charge in [0.05, 0.1) is 23.3 Å². The Kier molecular flexibility index (Phi) is 5.50. The normalized spacial score (nSPS) is 13.6. The molecule has 0 bridgehead atoms. The number of rotatable bonds is 6. The monoisotopic (exact) mass is 477 g/mol. The predicted molar refractivity (Wildman–Crippen MR) is 122 cm³/mol. The SMILES string of the molecule is CS(=O)(=O)N1CCc2cc(C(=O)Nc3ccccc3NS(=O)(=O)c3cccs3)ccc21. The lowest BCUT2D eigenvalue weighted by molar-refractivity contribution is 0.102. The van der Waals surface area contributed by atoms with Crippen molar-refractivity contribution in [3.05, 3.63) is 71.1 Å². The number of sulfonamides is 2. The maximum atomic E-state index is 12.8. The van der Waals surface area contributed by atoms with Crippen molar-refractivity contribution in [3.8, 4) is 0 Å². The standard InChI is InChI=1S/C20H19N3O5S3/c1-30(25,26)23-11-10-14-13-15(8-9-18(14)23)20(24)21-16-5-2-3-6-17(16)22-31(27,28)19-7-4-12-29-19/h2-9,12-13,22H,10-11H2,1H3,(H,21,24). The van der Waals surface area contributed by atoms with E-state index in [0.717, 1.165) is 23.2 Å². The molecule has 0 saturated carbocycles. The van der Waals surface area contributed by atoms with Gasteiger partial charge in [-0.2, -0.15) is 0 Å². The Morgan fingerprint density at radius 3 is 2.42 bits per heavy atom. The molecule has 0 radical (unpaired) electrons. The molecule has 0 unspecified atom stereocenters.